The van der Waals surface area contributed by atoms with Gasteiger partial charge in [0, 0.05) is 21.8 Å². The smallest absolute Gasteiger partial charge is 0.255 e. The van der Waals surface area contributed by atoms with Crippen LogP contribution in [0.5, 0.6) is 0 Å². The fourth-order valence-electron chi connectivity index (χ4n) is 2.62. The monoisotopic (exact) mass is 339 g/mol. The molecule has 3 aromatic rings. The zero-order valence-corrected chi connectivity index (χ0v) is 13.4. The lowest BCUT2D eigenvalue weighted by atomic mass is 10.1. The summed E-state index contributed by atoms with van der Waals surface area (Å²) in [6, 6.07) is 12.8. The number of hydrogen-bond acceptors (Lipinski definition) is 4. The second kappa shape index (κ2) is 6.05. The van der Waals surface area contributed by atoms with Crippen LogP contribution in [0.15, 0.2) is 42.5 Å². The maximum absolute atomic E-state index is 12.5. The van der Waals surface area contributed by atoms with Crippen LogP contribution in [0.1, 0.15) is 34.7 Å². The Morgan fingerprint density at radius 1 is 1.21 bits per heavy atom. The topological polar surface area (TPSA) is 83.6 Å². The van der Waals surface area contributed by atoms with E-state index >= 15 is 0 Å². The van der Waals surface area contributed by atoms with Crippen molar-refractivity contribution in [2.45, 2.75) is 18.8 Å². The zero-order chi connectivity index (χ0) is 16.5. The number of carbonyl (C=O) groups excluding carboxylic acids is 1. The Balaban J connectivity index is 1.57. The number of aromatic nitrogens is 4. The fraction of sp³-hybridized carbons (Fsp3) is 0.176. The highest BCUT2D eigenvalue weighted by molar-refractivity contribution is 6.31. The Labute approximate surface area is 143 Å². The molecule has 1 aliphatic carbocycles. The molecular formula is C17H14ClN5O. The predicted octanol–water partition coefficient (Wildman–Crippen LogP) is 3.65. The van der Waals surface area contributed by atoms with E-state index in [2.05, 4.69) is 25.9 Å². The number of amides is 1. The summed E-state index contributed by atoms with van der Waals surface area (Å²) in [4.78, 5) is 12.5. The molecule has 24 heavy (non-hydrogen) atoms. The summed E-state index contributed by atoms with van der Waals surface area (Å²) in [5.74, 6) is 0.825. The van der Waals surface area contributed by atoms with Gasteiger partial charge < -0.3 is 5.32 Å². The first kappa shape index (κ1) is 14.8. The number of carbonyl (C=O) groups is 1. The highest BCUT2D eigenvalue weighted by Crippen LogP contribution is 2.41. The van der Waals surface area contributed by atoms with E-state index in [0.29, 0.717) is 28.0 Å². The van der Waals surface area contributed by atoms with Crippen molar-refractivity contribution in [3.63, 3.8) is 0 Å². The molecule has 0 unspecified atom stereocenters. The van der Waals surface area contributed by atoms with Gasteiger partial charge in [-0.2, -0.15) is 5.21 Å². The van der Waals surface area contributed by atoms with E-state index in [9.17, 15) is 4.79 Å². The minimum atomic E-state index is -0.190. The molecule has 0 aliphatic heterocycles. The number of anilines is 1. The van der Waals surface area contributed by atoms with Crippen LogP contribution < -0.4 is 5.32 Å². The second-order valence-corrected chi connectivity index (χ2v) is 6.25. The number of tetrazole rings is 1. The van der Waals surface area contributed by atoms with Gasteiger partial charge in [-0.25, -0.2) is 0 Å². The average Bonchev–Trinajstić information content (AvgIpc) is 3.29. The van der Waals surface area contributed by atoms with E-state index in [4.69, 9.17) is 11.6 Å². The van der Waals surface area contributed by atoms with E-state index in [-0.39, 0.29) is 5.91 Å². The summed E-state index contributed by atoms with van der Waals surface area (Å²) in [5, 5.41) is 17.3. The molecule has 1 fully saturated rings. The van der Waals surface area contributed by atoms with Gasteiger partial charge in [0.05, 0.1) is 0 Å². The molecule has 1 amide bonds. The van der Waals surface area contributed by atoms with Gasteiger partial charge in [-0.15, -0.1) is 10.2 Å². The predicted molar refractivity (Wildman–Crippen MR) is 91.0 cm³/mol. The first-order chi connectivity index (χ1) is 11.7. The van der Waals surface area contributed by atoms with Crippen molar-refractivity contribution in [3.05, 3.63) is 58.6 Å². The quantitative estimate of drug-likeness (QED) is 0.760. The van der Waals surface area contributed by atoms with Gasteiger partial charge in [-0.1, -0.05) is 23.7 Å². The lowest BCUT2D eigenvalue weighted by molar-refractivity contribution is 0.102. The Morgan fingerprint density at radius 3 is 2.83 bits per heavy atom. The maximum atomic E-state index is 12.5. The molecular weight excluding hydrogens is 326 g/mol. The van der Waals surface area contributed by atoms with Crippen LogP contribution in [0.3, 0.4) is 0 Å². The number of H-pyrrole nitrogens is 1. The number of nitrogens with one attached hydrogen (secondary N) is 2. The molecule has 1 aliphatic rings. The third-order valence-electron chi connectivity index (χ3n) is 3.96. The third-order valence-corrected chi connectivity index (χ3v) is 4.17. The summed E-state index contributed by atoms with van der Waals surface area (Å²) in [5.41, 5.74) is 3.13. The summed E-state index contributed by atoms with van der Waals surface area (Å²) in [6.45, 7) is 0. The Hall–Kier alpha value is -2.73. The largest absolute Gasteiger partial charge is 0.322 e. The van der Waals surface area contributed by atoms with Gasteiger partial charge in [0.1, 0.15) is 0 Å². The second-order valence-electron chi connectivity index (χ2n) is 5.82. The summed E-state index contributed by atoms with van der Waals surface area (Å²) >= 11 is 6.15. The van der Waals surface area contributed by atoms with Crippen LogP contribution in [-0.4, -0.2) is 26.5 Å². The standard InChI is InChI=1S/C17H14ClN5O/c18-14-7-12(10-4-5-10)6-13(8-14)17(24)19-15-3-1-2-11(9-15)16-20-22-23-21-16/h1-3,6-10H,4-5H2,(H,19,24)(H,20,21,22,23). The lowest BCUT2D eigenvalue weighted by Gasteiger charge is -2.08. The summed E-state index contributed by atoms with van der Waals surface area (Å²) in [7, 11) is 0. The lowest BCUT2D eigenvalue weighted by Crippen LogP contribution is -2.12. The molecule has 1 saturated carbocycles. The number of halogens is 1. The first-order valence-electron chi connectivity index (χ1n) is 7.65. The van der Waals surface area contributed by atoms with Crippen molar-refractivity contribution >= 4 is 23.2 Å². The van der Waals surface area contributed by atoms with Crippen LogP contribution in [0.2, 0.25) is 5.02 Å². The SMILES string of the molecule is O=C(Nc1cccc(-c2nn[nH]n2)c1)c1cc(Cl)cc(C2CC2)c1. The van der Waals surface area contributed by atoms with E-state index < -0.39 is 0 Å². The molecule has 7 heteroatoms. The summed E-state index contributed by atoms with van der Waals surface area (Å²) < 4.78 is 0. The minimum absolute atomic E-state index is 0.190. The molecule has 0 saturated heterocycles. The molecule has 6 nitrogen and oxygen atoms in total. The van der Waals surface area contributed by atoms with Gasteiger partial charge in [0.2, 0.25) is 5.82 Å². The van der Waals surface area contributed by atoms with Crippen LogP contribution in [0.25, 0.3) is 11.4 Å². The van der Waals surface area contributed by atoms with Gasteiger partial charge in [-0.05, 0) is 59.9 Å². The average molecular weight is 340 g/mol. The van der Waals surface area contributed by atoms with Crippen LogP contribution in [-0.2, 0) is 0 Å². The van der Waals surface area contributed by atoms with E-state index in [1.165, 1.54) is 0 Å². The van der Waals surface area contributed by atoms with Gasteiger partial charge in [-0.3, -0.25) is 4.79 Å². The molecule has 2 aromatic carbocycles. The normalized spacial score (nSPS) is 13.7. The van der Waals surface area contributed by atoms with Crippen molar-refractivity contribution in [3.8, 4) is 11.4 Å². The van der Waals surface area contributed by atoms with Crippen LogP contribution >= 0.6 is 11.6 Å². The molecule has 120 valence electrons. The zero-order valence-electron chi connectivity index (χ0n) is 12.7. The number of hydrogen-bond donors (Lipinski definition) is 2. The molecule has 1 aromatic heterocycles. The number of aromatic amines is 1. The molecule has 1 heterocycles. The molecule has 0 bridgehead atoms. The number of benzene rings is 2. The van der Waals surface area contributed by atoms with Crippen LogP contribution in [0, 0.1) is 0 Å². The molecule has 4 rings (SSSR count). The number of rotatable bonds is 4. The molecule has 0 radical (unpaired) electrons. The first-order valence-corrected chi connectivity index (χ1v) is 8.02. The van der Waals surface area contributed by atoms with Crippen molar-refractivity contribution in [1.29, 1.82) is 0 Å². The fourth-order valence-corrected chi connectivity index (χ4v) is 2.86. The third kappa shape index (κ3) is 3.14. The maximum Gasteiger partial charge on any atom is 0.255 e. The van der Waals surface area contributed by atoms with E-state index in [1.807, 2.05) is 30.3 Å². The molecule has 0 spiro atoms. The Bertz CT molecular complexity index is 890. The molecule has 2 N–H and O–H groups in total. The highest BCUT2D eigenvalue weighted by Gasteiger charge is 2.24. The van der Waals surface area contributed by atoms with Crippen LogP contribution in [0.4, 0.5) is 5.69 Å². The van der Waals surface area contributed by atoms with Crippen molar-refractivity contribution < 1.29 is 4.79 Å². The van der Waals surface area contributed by atoms with E-state index in [0.717, 1.165) is 24.0 Å². The number of nitrogens with zero attached hydrogens (tertiary/aromatic N) is 3. The van der Waals surface area contributed by atoms with Crippen molar-refractivity contribution in [1.82, 2.24) is 20.6 Å². The Morgan fingerprint density at radius 2 is 2.08 bits per heavy atom. The van der Waals surface area contributed by atoms with E-state index in [1.54, 1.807) is 12.1 Å². The van der Waals surface area contributed by atoms with Gasteiger partial charge in [0.15, 0.2) is 0 Å². The molecule has 0 atom stereocenters. The Kier molecular flexibility index (Phi) is 3.74. The van der Waals surface area contributed by atoms with Crippen molar-refractivity contribution in [2.24, 2.45) is 0 Å². The minimum Gasteiger partial charge on any atom is -0.322 e. The van der Waals surface area contributed by atoms with Gasteiger partial charge in [0.25, 0.3) is 5.91 Å². The summed E-state index contributed by atoms with van der Waals surface area (Å²) in [6.07, 6.45) is 2.32. The van der Waals surface area contributed by atoms with Crippen molar-refractivity contribution in [2.75, 3.05) is 5.32 Å². The van der Waals surface area contributed by atoms with Gasteiger partial charge >= 0.3 is 0 Å². The highest BCUT2D eigenvalue weighted by atomic mass is 35.5.